The van der Waals surface area contributed by atoms with E-state index < -0.39 is 12.1 Å². The average Bonchev–Trinajstić information content (AvgIpc) is 3.55. The lowest BCUT2D eigenvalue weighted by atomic mass is 10.0. The minimum absolute atomic E-state index is 0.0177. The highest BCUT2D eigenvalue weighted by Crippen LogP contribution is 2.20. The maximum Gasteiger partial charge on any atom is 0.305 e. The normalized spacial score (nSPS) is 12.6. The minimum atomic E-state index is -0.845. The molecule has 0 aliphatic rings. The van der Waals surface area contributed by atoms with Crippen LogP contribution in [-0.4, -0.2) is 47.4 Å². The Morgan fingerprint density at radius 1 is 0.315 bits per heavy atom. The Bertz CT molecular complexity index is 1440. The molecule has 0 aromatic rings. The van der Waals surface area contributed by atoms with Crippen molar-refractivity contribution in [2.24, 2.45) is 0 Å². The van der Waals surface area contributed by atoms with Gasteiger partial charge in [-0.1, -0.05) is 416 Å². The molecule has 0 aromatic carbocycles. The third-order valence-corrected chi connectivity index (χ3v) is 19.2. The van der Waals surface area contributed by atoms with Crippen molar-refractivity contribution in [3.8, 4) is 0 Å². The Morgan fingerprint density at radius 2 is 0.562 bits per heavy atom. The number of esters is 1. The van der Waals surface area contributed by atoms with Crippen molar-refractivity contribution in [3.05, 3.63) is 36.5 Å². The molecular weight excluding hydrogens is 1090 g/mol. The van der Waals surface area contributed by atoms with E-state index in [0.717, 1.165) is 44.9 Å². The zero-order valence-electron chi connectivity index (χ0n) is 60.4. The van der Waals surface area contributed by atoms with Gasteiger partial charge < -0.3 is 20.3 Å². The highest BCUT2D eigenvalue weighted by Gasteiger charge is 2.18. The summed E-state index contributed by atoms with van der Waals surface area (Å²) in [5.41, 5.74) is 0. The summed E-state index contributed by atoms with van der Waals surface area (Å²) >= 11 is 0. The molecule has 0 fully saturated rings. The molecule has 6 nitrogen and oxygen atoms in total. The van der Waals surface area contributed by atoms with E-state index in [-0.39, 0.29) is 18.5 Å². The molecule has 2 atom stereocenters. The standard InChI is InChI=1S/C83H159NO5/c1-3-5-7-9-11-13-15-17-19-20-21-22-23-35-38-41-44-48-51-55-59-63-67-71-75-81(86)80(79-85)84-82(87)76-72-68-64-60-56-52-49-45-42-39-36-33-31-29-27-25-24-26-28-30-32-34-37-40-43-46-50-54-58-62-66-70-74-78-89-83(88)77-73-69-65-61-57-53-47-18-16-14-12-10-8-6-4-2/h28,30,34,37,71,75,80-81,85-86H,3-27,29,31-33,35-36,38-70,72-74,76-79H2,1-2H3,(H,84,87)/b30-28-,37-34-,75-71+. The van der Waals surface area contributed by atoms with Crippen molar-refractivity contribution in [1.82, 2.24) is 5.32 Å². The molecule has 3 N–H and O–H groups in total. The van der Waals surface area contributed by atoms with Gasteiger partial charge in [0.25, 0.3) is 0 Å². The second kappa shape index (κ2) is 78.5. The molecular formula is C83H159NO5. The first kappa shape index (κ1) is 87.1. The summed E-state index contributed by atoms with van der Waals surface area (Å²) < 4.78 is 5.50. The van der Waals surface area contributed by atoms with Gasteiger partial charge >= 0.3 is 5.97 Å². The van der Waals surface area contributed by atoms with Crippen molar-refractivity contribution < 1.29 is 24.5 Å². The number of carbonyl (C=O) groups excluding carboxylic acids is 2. The van der Waals surface area contributed by atoms with Crippen molar-refractivity contribution in [2.75, 3.05) is 13.2 Å². The van der Waals surface area contributed by atoms with Crippen LogP contribution in [0.5, 0.6) is 0 Å². The molecule has 0 aliphatic heterocycles. The van der Waals surface area contributed by atoms with Gasteiger partial charge in [-0.3, -0.25) is 9.59 Å². The molecule has 0 heterocycles. The Kier molecular flexibility index (Phi) is 76.8. The molecule has 0 aliphatic carbocycles. The van der Waals surface area contributed by atoms with Gasteiger partial charge in [0.05, 0.1) is 25.4 Å². The Morgan fingerprint density at radius 3 is 0.854 bits per heavy atom. The van der Waals surface area contributed by atoms with Crippen LogP contribution in [0.1, 0.15) is 457 Å². The van der Waals surface area contributed by atoms with Gasteiger partial charge in [-0.05, 0) is 64.2 Å². The van der Waals surface area contributed by atoms with E-state index in [2.05, 4.69) is 43.5 Å². The minimum Gasteiger partial charge on any atom is -0.466 e. The molecule has 2 unspecified atom stereocenters. The van der Waals surface area contributed by atoms with E-state index in [9.17, 15) is 19.8 Å². The highest BCUT2D eigenvalue weighted by atomic mass is 16.5. The van der Waals surface area contributed by atoms with E-state index in [1.54, 1.807) is 6.08 Å². The molecule has 526 valence electrons. The maximum absolute atomic E-state index is 12.6. The number of aliphatic hydroxyl groups excluding tert-OH is 2. The van der Waals surface area contributed by atoms with Crippen LogP contribution in [0.2, 0.25) is 0 Å². The zero-order chi connectivity index (χ0) is 64.2. The SMILES string of the molecule is CCCCCCCCCCCCCCCCCCCCCCCC/C=C/C(O)C(CO)NC(=O)CCCCCCCCCCCCCCCCCCC/C=C\C/C=C\CCCCCCCCCCCOC(=O)CCCCCCCCCCCCCCCCC. The number of ether oxygens (including phenoxy) is 1. The van der Waals surface area contributed by atoms with Crippen LogP contribution in [0.4, 0.5) is 0 Å². The van der Waals surface area contributed by atoms with Gasteiger partial charge in [-0.25, -0.2) is 0 Å². The van der Waals surface area contributed by atoms with E-state index in [0.29, 0.717) is 19.4 Å². The predicted octanol–water partition coefficient (Wildman–Crippen LogP) is 27.0. The van der Waals surface area contributed by atoms with Crippen LogP contribution in [0.15, 0.2) is 36.5 Å². The molecule has 0 saturated heterocycles. The van der Waals surface area contributed by atoms with Crippen LogP contribution in [0, 0.1) is 0 Å². The second-order valence-corrected chi connectivity index (χ2v) is 28.1. The third-order valence-electron chi connectivity index (χ3n) is 19.2. The lowest BCUT2D eigenvalue weighted by Crippen LogP contribution is -2.45. The fourth-order valence-corrected chi connectivity index (χ4v) is 13.0. The van der Waals surface area contributed by atoms with Crippen LogP contribution in [-0.2, 0) is 14.3 Å². The molecule has 0 saturated carbocycles. The molecule has 6 heteroatoms. The van der Waals surface area contributed by atoms with E-state index in [1.807, 2.05) is 6.08 Å². The number of hydrogen-bond acceptors (Lipinski definition) is 5. The fraction of sp³-hybridized carbons (Fsp3) is 0.904. The number of carbonyl (C=O) groups is 2. The Hall–Kier alpha value is -1.92. The highest BCUT2D eigenvalue weighted by molar-refractivity contribution is 5.76. The number of unbranched alkanes of at least 4 members (excludes halogenated alkanes) is 62. The number of aliphatic hydroxyl groups is 2. The zero-order valence-corrected chi connectivity index (χ0v) is 60.4. The monoisotopic (exact) mass is 1250 g/mol. The topological polar surface area (TPSA) is 95.9 Å². The summed E-state index contributed by atoms with van der Waals surface area (Å²) in [4.78, 5) is 24.6. The van der Waals surface area contributed by atoms with Gasteiger partial charge in [-0.15, -0.1) is 0 Å². The van der Waals surface area contributed by atoms with Crippen LogP contribution < -0.4 is 5.32 Å². The lowest BCUT2D eigenvalue weighted by molar-refractivity contribution is -0.143. The summed E-state index contributed by atoms with van der Waals surface area (Å²) in [6.45, 7) is 4.96. The van der Waals surface area contributed by atoms with Crippen LogP contribution >= 0.6 is 0 Å². The summed E-state index contributed by atoms with van der Waals surface area (Å²) in [6.07, 6.45) is 103. The molecule has 89 heavy (non-hydrogen) atoms. The first-order valence-electron chi connectivity index (χ1n) is 40.8. The molecule has 1 amide bonds. The van der Waals surface area contributed by atoms with Crippen LogP contribution in [0.3, 0.4) is 0 Å². The van der Waals surface area contributed by atoms with E-state index in [1.165, 1.54) is 385 Å². The van der Waals surface area contributed by atoms with Crippen molar-refractivity contribution in [3.63, 3.8) is 0 Å². The van der Waals surface area contributed by atoms with Gasteiger partial charge in [0, 0.05) is 12.8 Å². The quantitative estimate of drug-likeness (QED) is 0.0320. The first-order valence-corrected chi connectivity index (χ1v) is 40.8. The second-order valence-electron chi connectivity index (χ2n) is 28.1. The third kappa shape index (κ3) is 75.0. The van der Waals surface area contributed by atoms with Gasteiger partial charge in [0.1, 0.15) is 0 Å². The van der Waals surface area contributed by atoms with Gasteiger partial charge in [0.2, 0.25) is 5.91 Å². The Balaban J connectivity index is 3.40. The van der Waals surface area contributed by atoms with Crippen molar-refractivity contribution >= 4 is 11.9 Å². The van der Waals surface area contributed by atoms with Crippen molar-refractivity contribution in [2.45, 2.75) is 469 Å². The summed E-state index contributed by atoms with van der Waals surface area (Å²) in [5.74, 6) is -0.0433. The van der Waals surface area contributed by atoms with Crippen molar-refractivity contribution in [1.29, 1.82) is 0 Å². The number of rotatable bonds is 77. The average molecular weight is 1250 g/mol. The lowest BCUT2D eigenvalue weighted by Gasteiger charge is -2.20. The van der Waals surface area contributed by atoms with Gasteiger partial charge in [0.15, 0.2) is 0 Å². The molecule has 0 radical (unpaired) electrons. The molecule has 0 rings (SSSR count). The molecule has 0 bridgehead atoms. The maximum atomic E-state index is 12.6. The number of allylic oxidation sites excluding steroid dienone is 5. The number of hydrogen-bond donors (Lipinski definition) is 3. The summed E-state index contributed by atoms with van der Waals surface area (Å²) in [7, 11) is 0. The smallest absolute Gasteiger partial charge is 0.305 e. The fourth-order valence-electron chi connectivity index (χ4n) is 13.0. The van der Waals surface area contributed by atoms with E-state index >= 15 is 0 Å². The Labute approximate surface area is 557 Å². The number of nitrogens with one attached hydrogen (secondary N) is 1. The molecule has 0 spiro atoms. The predicted molar refractivity (Wildman–Crippen MR) is 393 cm³/mol. The van der Waals surface area contributed by atoms with Crippen LogP contribution in [0.25, 0.3) is 0 Å². The largest absolute Gasteiger partial charge is 0.466 e. The van der Waals surface area contributed by atoms with Gasteiger partial charge in [-0.2, -0.15) is 0 Å². The first-order chi connectivity index (χ1) is 44.0. The van der Waals surface area contributed by atoms with E-state index in [4.69, 9.17) is 4.74 Å². The number of amides is 1. The summed E-state index contributed by atoms with van der Waals surface area (Å²) in [5, 5.41) is 23.3. The summed E-state index contributed by atoms with van der Waals surface area (Å²) in [6, 6.07) is -0.628. The molecule has 0 aromatic heterocycles.